The van der Waals surface area contributed by atoms with E-state index in [2.05, 4.69) is 16.9 Å². The van der Waals surface area contributed by atoms with Crippen LogP contribution in [0.2, 0.25) is 0 Å². The highest BCUT2D eigenvalue weighted by Gasteiger charge is 2.38. The zero-order valence-corrected chi connectivity index (χ0v) is 18.7. The second-order valence-electron chi connectivity index (χ2n) is 7.39. The van der Waals surface area contributed by atoms with Crippen molar-refractivity contribution in [3.8, 4) is 0 Å². The first-order valence-electron chi connectivity index (χ1n) is 9.94. The van der Waals surface area contributed by atoms with Crippen molar-refractivity contribution in [3.63, 3.8) is 0 Å². The number of amidine groups is 1. The molecule has 7 heteroatoms. The fourth-order valence-corrected chi connectivity index (χ4v) is 4.26. The molecular weight excluding hydrogens is 410 g/mol. The number of hydrogen-bond donors (Lipinski definition) is 1. The van der Waals surface area contributed by atoms with Crippen molar-refractivity contribution in [3.05, 3.63) is 71.8 Å². The lowest BCUT2D eigenvalue weighted by molar-refractivity contribution is -0.127. The zero-order chi connectivity index (χ0) is 22.5. The van der Waals surface area contributed by atoms with Crippen LogP contribution in [0.25, 0.3) is 0 Å². The summed E-state index contributed by atoms with van der Waals surface area (Å²) in [6.45, 7) is 9.60. The van der Waals surface area contributed by atoms with Crippen molar-refractivity contribution in [2.45, 2.75) is 32.4 Å². The van der Waals surface area contributed by atoms with Gasteiger partial charge in [0.05, 0.1) is 5.69 Å². The minimum atomic E-state index is -0.554. The molecule has 1 saturated heterocycles. The summed E-state index contributed by atoms with van der Waals surface area (Å²) in [6, 6.07) is 12.6. The molecular formula is C24H25N3O3S. The normalized spacial score (nSPS) is 17.1. The number of rotatable bonds is 7. The van der Waals surface area contributed by atoms with E-state index in [1.165, 1.54) is 24.2 Å². The predicted octanol–water partition coefficient (Wildman–Crippen LogP) is 4.65. The number of anilines is 1. The Labute approximate surface area is 186 Å². The number of Topliss-reactive ketones (excluding diaryl/α,β-unsaturated/α-hetero) is 1. The minimum Gasteiger partial charge on any atom is -0.326 e. The third-order valence-corrected chi connectivity index (χ3v) is 6.17. The molecule has 0 aromatic heterocycles. The number of thioether (sulfide) groups is 1. The summed E-state index contributed by atoms with van der Waals surface area (Å²) < 4.78 is 0. The maximum absolute atomic E-state index is 12.9. The van der Waals surface area contributed by atoms with E-state index >= 15 is 0 Å². The number of benzene rings is 2. The fraction of sp³-hybridized carbons (Fsp3) is 0.250. The molecule has 1 N–H and O–H groups in total. The number of carbonyl (C=O) groups is 3. The third-order valence-electron chi connectivity index (χ3n) is 4.99. The van der Waals surface area contributed by atoms with E-state index in [0.717, 1.165) is 11.3 Å². The molecule has 1 aliphatic rings. The molecule has 160 valence electrons. The van der Waals surface area contributed by atoms with Crippen LogP contribution in [0.1, 0.15) is 34.8 Å². The van der Waals surface area contributed by atoms with Gasteiger partial charge in [-0.25, -0.2) is 4.99 Å². The first-order chi connectivity index (χ1) is 14.8. The van der Waals surface area contributed by atoms with Crippen LogP contribution in [0.4, 0.5) is 11.4 Å². The van der Waals surface area contributed by atoms with Gasteiger partial charge in [-0.3, -0.25) is 19.3 Å². The Morgan fingerprint density at radius 1 is 1.16 bits per heavy atom. The first kappa shape index (κ1) is 22.5. The Kier molecular flexibility index (Phi) is 7.07. The number of aliphatic imine (C=N–C) groups is 1. The molecule has 31 heavy (non-hydrogen) atoms. The Hall–Kier alpha value is -3.19. The van der Waals surface area contributed by atoms with E-state index in [-0.39, 0.29) is 24.0 Å². The highest BCUT2D eigenvalue weighted by Crippen LogP contribution is 2.32. The summed E-state index contributed by atoms with van der Waals surface area (Å²) >= 11 is 1.29. The summed E-state index contributed by atoms with van der Waals surface area (Å²) in [5, 5.41) is 2.80. The lowest BCUT2D eigenvalue weighted by Gasteiger charge is -2.14. The monoisotopic (exact) mass is 435 g/mol. The van der Waals surface area contributed by atoms with Crippen molar-refractivity contribution in [2.75, 3.05) is 11.9 Å². The van der Waals surface area contributed by atoms with Crippen molar-refractivity contribution in [1.29, 1.82) is 0 Å². The molecule has 0 saturated carbocycles. The molecule has 1 heterocycles. The van der Waals surface area contributed by atoms with Gasteiger partial charge in [0.2, 0.25) is 11.8 Å². The Bertz CT molecular complexity index is 1060. The van der Waals surface area contributed by atoms with E-state index in [4.69, 9.17) is 0 Å². The highest BCUT2D eigenvalue weighted by molar-refractivity contribution is 8.15. The highest BCUT2D eigenvalue weighted by atomic mass is 32.2. The third kappa shape index (κ3) is 5.49. The minimum absolute atomic E-state index is 0.0253. The van der Waals surface area contributed by atoms with Gasteiger partial charge in [-0.2, -0.15) is 0 Å². The number of carbonyl (C=O) groups excluding carboxylic acids is 3. The van der Waals surface area contributed by atoms with Crippen LogP contribution in [0.3, 0.4) is 0 Å². The number of nitrogens with zero attached hydrogens (tertiary/aromatic N) is 2. The van der Waals surface area contributed by atoms with Crippen molar-refractivity contribution in [1.82, 2.24) is 4.90 Å². The van der Waals surface area contributed by atoms with E-state index in [9.17, 15) is 14.4 Å². The molecule has 0 spiro atoms. The van der Waals surface area contributed by atoms with Crippen LogP contribution in [0.15, 0.2) is 60.1 Å². The van der Waals surface area contributed by atoms with Gasteiger partial charge < -0.3 is 5.32 Å². The summed E-state index contributed by atoms with van der Waals surface area (Å²) in [5.74, 6) is -0.467. The lowest BCUT2D eigenvalue weighted by atomic mass is 10.1. The average Bonchev–Trinajstić information content (AvgIpc) is 3.00. The van der Waals surface area contributed by atoms with Crippen LogP contribution >= 0.6 is 11.8 Å². The molecule has 0 bridgehead atoms. The largest absolute Gasteiger partial charge is 0.326 e. The summed E-state index contributed by atoms with van der Waals surface area (Å²) in [5.41, 5.74) is 4.22. The molecule has 1 aliphatic heterocycles. The van der Waals surface area contributed by atoms with Gasteiger partial charge in [0.15, 0.2) is 11.0 Å². The molecule has 2 aromatic carbocycles. The standard InChI is InChI=1S/C24H25N3O3S/c1-5-12-27-23(30)21(31-24(27)26-20-9-6-15(2)16(3)13-20)14-22(29)25-19-10-7-18(8-11-19)17(4)28/h5-11,13,21H,1,12,14H2,2-4H3,(H,25,29). The van der Waals surface area contributed by atoms with Crippen LogP contribution in [0.5, 0.6) is 0 Å². The molecule has 6 nitrogen and oxygen atoms in total. The molecule has 3 rings (SSSR count). The van der Waals surface area contributed by atoms with Crippen LogP contribution in [-0.4, -0.2) is 39.5 Å². The van der Waals surface area contributed by atoms with Gasteiger partial charge in [-0.05, 0) is 68.3 Å². The van der Waals surface area contributed by atoms with Gasteiger partial charge in [0, 0.05) is 24.2 Å². The lowest BCUT2D eigenvalue weighted by Crippen LogP contribution is -2.33. The fourth-order valence-electron chi connectivity index (χ4n) is 3.10. The number of aryl methyl sites for hydroxylation is 2. The molecule has 1 atom stereocenters. The first-order valence-corrected chi connectivity index (χ1v) is 10.8. The maximum Gasteiger partial charge on any atom is 0.242 e. The number of ketones is 1. The molecule has 1 fully saturated rings. The van der Waals surface area contributed by atoms with Crippen molar-refractivity contribution >= 4 is 45.9 Å². The quantitative estimate of drug-likeness (QED) is 0.507. The molecule has 0 radical (unpaired) electrons. The summed E-state index contributed by atoms with van der Waals surface area (Å²) in [4.78, 5) is 43.0. The van der Waals surface area contributed by atoms with E-state index in [0.29, 0.717) is 23.0 Å². The Balaban J connectivity index is 1.72. The number of amides is 2. The Morgan fingerprint density at radius 3 is 2.48 bits per heavy atom. The SMILES string of the molecule is C=CCN1C(=O)C(CC(=O)Nc2ccc(C(C)=O)cc2)SC1=Nc1ccc(C)c(C)c1. The second kappa shape index (κ2) is 9.75. The van der Waals surface area contributed by atoms with Crippen molar-refractivity contribution < 1.29 is 14.4 Å². The van der Waals surface area contributed by atoms with Crippen molar-refractivity contribution in [2.24, 2.45) is 4.99 Å². The van der Waals surface area contributed by atoms with Gasteiger partial charge in [0.1, 0.15) is 5.25 Å². The average molecular weight is 436 g/mol. The molecule has 0 aliphatic carbocycles. The van der Waals surface area contributed by atoms with Crippen LogP contribution in [0, 0.1) is 13.8 Å². The van der Waals surface area contributed by atoms with Gasteiger partial charge >= 0.3 is 0 Å². The second-order valence-corrected chi connectivity index (χ2v) is 8.56. The predicted molar refractivity (Wildman–Crippen MR) is 126 cm³/mol. The number of hydrogen-bond acceptors (Lipinski definition) is 5. The van der Waals surface area contributed by atoms with Crippen LogP contribution in [-0.2, 0) is 9.59 Å². The van der Waals surface area contributed by atoms with E-state index in [1.54, 1.807) is 35.2 Å². The van der Waals surface area contributed by atoms with E-state index < -0.39 is 5.25 Å². The topological polar surface area (TPSA) is 78.8 Å². The van der Waals surface area contributed by atoms with Gasteiger partial charge in [-0.15, -0.1) is 6.58 Å². The Morgan fingerprint density at radius 2 is 1.87 bits per heavy atom. The van der Waals surface area contributed by atoms with Crippen LogP contribution < -0.4 is 5.32 Å². The molecule has 2 aromatic rings. The molecule has 2 amide bonds. The molecule has 1 unspecified atom stereocenters. The van der Waals surface area contributed by atoms with Gasteiger partial charge in [-0.1, -0.05) is 23.9 Å². The summed E-state index contributed by atoms with van der Waals surface area (Å²) in [6.07, 6.45) is 1.67. The van der Waals surface area contributed by atoms with Gasteiger partial charge in [0.25, 0.3) is 0 Å². The zero-order valence-electron chi connectivity index (χ0n) is 17.8. The summed E-state index contributed by atoms with van der Waals surface area (Å²) in [7, 11) is 0. The smallest absolute Gasteiger partial charge is 0.242 e. The maximum atomic E-state index is 12.9. The number of nitrogens with one attached hydrogen (secondary N) is 1. The van der Waals surface area contributed by atoms with E-state index in [1.807, 2.05) is 32.0 Å².